The zero-order valence-electron chi connectivity index (χ0n) is 7.43. The number of aromatic nitrogens is 1. The standard InChI is InChI=1S/C9H12ClNO/c1-6-4-7(9(2,3)12)11-8(10)5-6/h4-5,12H,1-3H3. The molecule has 0 amide bonds. The average Bonchev–Trinajstić information content (AvgIpc) is 1.82. The summed E-state index contributed by atoms with van der Waals surface area (Å²) in [5.41, 5.74) is 0.690. The summed E-state index contributed by atoms with van der Waals surface area (Å²) in [4.78, 5) is 4.02. The van der Waals surface area contributed by atoms with Crippen molar-refractivity contribution in [2.75, 3.05) is 0 Å². The Bertz CT molecular complexity index is 271. The number of hydrogen-bond acceptors (Lipinski definition) is 2. The predicted molar refractivity (Wildman–Crippen MR) is 49.2 cm³/mol. The molecule has 1 heterocycles. The van der Waals surface area contributed by atoms with E-state index in [-0.39, 0.29) is 0 Å². The smallest absolute Gasteiger partial charge is 0.129 e. The molecule has 3 heteroatoms. The van der Waals surface area contributed by atoms with Crippen LogP contribution in [-0.4, -0.2) is 10.1 Å². The fourth-order valence-electron chi connectivity index (χ4n) is 0.938. The highest BCUT2D eigenvalue weighted by molar-refractivity contribution is 6.29. The maximum Gasteiger partial charge on any atom is 0.129 e. The Hall–Kier alpha value is -0.600. The van der Waals surface area contributed by atoms with Gasteiger partial charge in [0.25, 0.3) is 0 Å². The normalized spacial score (nSPS) is 11.8. The first-order valence-corrected chi connectivity index (χ1v) is 4.14. The summed E-state index contributed by atoms with van der Waals surface area (Å²) in [6.07, 6.45) is 0. The third-order valence-electron chi connectivity index (χ3n) is 1.57. The van der Waals surface area contributed by atoms with E-state index < -0.39 is 5.60 Å². The molecule has 0 spiro atoms. The predicted octanol–water partition coefficient (Wildman–Crippen LogP) is 2.27. The number of rotatable bonds is 1. The Kier molecular flexibility index (Phi) is 2.40. The summed E-state index contributed by atoms with van der Waals surface area (Å²) in [6.45, 7) is 5.29. The monoisotopic (exact) mass is 185 g/mol. The fraction of sp³-hybridized carbons (Fsp3) is 0.444. The molecular formula is C9H12ClNO. The topological polar surface area (TPSA) is 33.1 Å². The van der Waals surface area contributed by atoms with Gasteiger partial charge in [0.15, 0.2) is 0 Å². The quantitative estimate of drug-likeness (QED) is 0.681. The highest BCUT2D eigenvalue weighted by atomic mass is 35.5. The minimum absolute atomic E-state index is 0.423. The Labute approximate surface area is 77.2 Å². The van der Waals surface area contributed by atoms with E-state index in [2.05, 4.69) is 4.98 Å². The average molecular weight is 186 g/mol. The van der Waals surface area contributed by atoms with Crippen molar-refractivity contribution in [1.29, 1.82) is 0 Å². The molecule has 1 aromatic rings. The zero-order valence-corrected chi connectivity index (χ0v) is 8.18. The number of nitrogens with zero attached hydrogens (tertiary/aromatic N) is 1. The lowest BCUT2D eigenvalue weighted by atomic mass is 10.0. The Morgan fingerprint density at radius 1 is 1.42 bits per heavy atom. The molecule has 0 fully saturated rings. The van der Waals surface area contributed by atoms with Crippen molar-refractivity contribution in [2.45, 2.75) is 26.4 Å². The van der Waals surface area contributed by atoms with Gasteiger partial charge in [0.1, 0.15) is 10.8 Å². The van der Waals surface area contributed by atoms with E-state index in [0.717, 1.165) is 5.56 Å². The second-order valence-electron chi connectivity index (χ2n) is 3.41. The molecule has 0 bridgehead atoms. The minimum Gasteiger partial charge on any atom is -0.384 e. The van der Waals surface area contributed by atoms with Crippen LogP contribution < -0.4 is 0 Å². The van der Waals surface area contributed by atoms with Gasteiger partial charge < -0.3 is 5.11 Å². The zero-order chi connectivity index (χ0) is 9.35. The van der Waals surface area contributed by atoms with Gasteiger partial charge in [-0.15, -0.1) is 0 Å². The lowest BCUT2D eigenvalue weighted by Gasteiger charge is -2.16. The van der Waals surface area contributed by atoms with Crippen LogP contribution in [-0.2, 0) is 5.60 Å². The van der Waals surface area contributed by atoms with Crippen LogP contribution in [0.15, 0.2) is 12.1 Å². The van der Waals surface area contributed by atoms with Crippen LogP contribution in [0.1, 0.15) is 25.1 Å². The molecule has 66 valence electrons. The van der Waals surface area contributed by atoms with Gasteiger partial charge in [-0.2, -0.15) is 0 Å². The van der Waals surface area contributed by atoms with Crippen molar-refractivity contribution >= 4 is 11.6 Å². The highest BCUT2D eigenvalue weighted by Gasteiger charge is 2.18. The van der Waals surface area contributed by atoms with Gasteiger partial charge >= 0.3 is 0 Å². The molecular weight excluding hydrogens is 174 g/mol. The van der Waals surface area contributed by atoms with Crippen molar-refractivity contribution < 1.29 is 5.11 Å². The van der Waals surface area contributed by atoms with E-state index in [9.17, 15) is 5.11 Å². The van der Waals surface area contributed by atoms with E-state index >= 15 is 0 Å². The molecule has 0 saturated carbocycles. The molecule has 0 atom stereocenters. The molecule has 0 saturated heterocycles. The summed E-state index contributed by atoms with van der Waals surface area (Å²) in [5.74, 6) is 0. The number of halogens is 1. The Morgan fingerprint density at radius 3 is 2.42 bits per heavy atom. The van der Waals surface area contributed by atoms with Crippen molar-refractivity contribution in [2.24, 2.45) is 0 Å². The van der Waals surface area contributed by atoms with E-state index in [1.807, 2.05) is 13.0 Å². The maximum absolute atomic E-state index is 9.62. The molecule has 0 aliphatic carbocycles. The lowest BCUT2D eigenvalue weighted by molar-refractivity contribution is 0.0738. The molecule has 1 aromatic heterocycles. The van der Waals surface area contributed by atoms with Gasteiger partial charge in [-0.3, -0.25) is 0 Å². The van der Waals surface area contributed by atoms with Crippen LogP contribution >= 0.6 is 11.6 Å². The van der Waals surface area contributed by atoms with Gasteiger partial charge in [0.05, 0.1) is 5.69 Å². The molecule has 2 nitrogen and oxygen atoms in total. The highest BCUT2D eigenvalue weighted by Crippen LogP contribution is 2.20. The van der Waals surface area contributed by atoms with Gasteiger partial charge in [-0.05, 0) is 38.5 Å². The third kappa shape index (κ3) is 2.19. The second-order valence-corrected chi connectivity index (χ2v) is 3.80. The first-order valence-electron chi connectivity index (χ1n) is 3.76. The van der Waals surface area contributed by atoms with Crippen molar-refractivity contribution in [3.05, 3.63) is 28.5 Å². The van der Waals surface area contributed by atoms with Crippen LogP contribution in [0.5, 0.6) is 0 Å². The van der Waals surface area contributed by atoms with Crippen LogP contribution in [0, 0.1) is 6.92 Å². The number of hydrogen-bond donors (Lipinski definition) is 1. The van der Waals surface area contributed by atoms with E-state index in [1.165, 1.54) is 0 Å². The van der Waals surface area contributed by atoms with Crippen LogP contribution in [0.2, 0.25) is 5.15 Å². The van der Waals surface area contributed by atoms with Gasteiger partial charge in [-0.25, -0.2) is 4.98 Å². The van der Waals surface area contributed by atoms with Crippen LogP contribution in [0.3, 0.4) is 0 Å². The Balaban J connectivity index is 3.18. The molecule has 0 aliphatic rings. The number of aryl methyl sites for hydroxylation is 1. The summed E-state index contributed by atoms with van der Waals surface area (Å²) >= 11 is 5.73. The minimum atomic E-state index is -0.921. The summed E-state index contributed by atoms with van der Waals surface area (Å²) in [5, 5.41) is 10.0. The molecule has 12 heavy (non-hydrogen) atoms. The van der Waals surface area contributed by atoms with Crippen molar-refractivity contribution in [3.63, 3.8) is 0 Å². The molecule has 0 aromatic carbocycles. The van der Waals surface area contributed by atoms with E-state index in [4.69, 9.17) is 11.6 Å². The molecule has 0 radical (unpaired) electrons. The fourth-order valence-corrected chi connectivity index (χ4v) is 1.20. The summed E-state index contributed by atoms with van der Waals surface area (Å²) in [7, 11) is 0. The van der Waals surface area contributed by atoms with Crippen molar-refractivity contribution in [1.82, 2.24) is 4.98 Å². The maximum atomic E-state index is 9.62. The summed E-state index contributed by atoms with van der Waals surface area (Å²) < 4.78 is 0. The SMILES string of the molecule is Cc1cc(Cl)nc(C(C)(C)O)c1. The Morgan fingerprint density at radius 2 is 2.00 bits per heavy atom. The third-order valence-corrected chi connectivity index (χ3v) is 1.76. The first-order chi connectivity index (χ1) is 5.39. The number of pyridine rings is 1. The van der Waals surface area contributed by atoms with Gasteiger partial charge in [0.2, 0.25) is 0 Å². The van der Waals surface area contributed by atoms with E-state index in [1.54, 1.807) is 19.9 Å². The largest absolute Gasteiger partial charge is 0.384 e. The molecule has 1 rings (SSSR count). The number of aliphatic hydroxyl groups is 1. The molecule has 1 N–H and O–H groups in total. The second kappa shape index (κ2) is 3.04. The van der Waals surface area contributed by atoms with E-state index in [0.29, 0.717) is 10.8 Å². The molecule has 0 unspecified atom stereocenters. The van der Waals surface area contributed by atoms with Gasteiger partial charge in [0, 0.05) is 0 Å². The van der Waals surface area contributed by atoms with Gasteiger partial charge in [-0.1, -0.05) is 11.6 Å². The summed E-state index contributed by atoms with van der Waals surface area (Å²) in [6, 6.07) is 3.59. The first kappa shape index (κ1) is 9.49. The lowest BCUT2D eigenvalue weighted by Crippen LogP contribution is -2.17. The van der Waals surface area contributed by atoms with Crippen molar-refractivity contribution in [3.8, 4) is 0 Å². The van der Waals surface area contributed by atoms with Crippen LogP contribution in [0.4, 0.5) is 0 Å². The van der Waals surface area contributed by atoms with Crippen LogP contribution in [0.25, 0.3) is 0 Å². The molecule has 0 aliphatic heterocycles.